The van der Waals surface area contributed by atoms with Crippen LogP contribution in [0.3, 0.4) is 0 Å². The Balaban J connectivity index is 2.00. The highest BCUT2D eigenvalue weighted by molar-refractivity contribution is 5.79. The van der Waals surface area contributed by atoms with Crippen LogP contribution in [0.2, 0.25) is 0 Å². The fraction of sp³-hybridized carbons (Fsp3) is 0.529. The molecular formula is C17H23NO4. The Morgan fingerprint density at radius 2 is 2.18 bits per heavy atom. The lowest BCUT2D eigenvalue weighted by atomic mass is 9.97. The summed E-state index contributed by atoms with van der Waals surface area (Å²) in [6, 6.07) is 7.57. The van der Waals surface area contributed by atoms with Gasteiger partial charge >= 0.3 is 5.97 Å². The van der Waals surface area contributed by atoms with Gasteiger partial charge in [0.25, 0.3) is 0 Å². The number of hydrogen-bond donors (Lipinski definition) is 1. The van der Waals surface area contributed by atoms with E-state index in [2.05, 4.69) is 0 Å². The Morgan fingerprint density at radius 3 is 2.91 bits per heavy atom. The van der Waals surface area contributed by atoms with Gasteiger partial charge in [0, 0.05) is 19.0 Å². The Morgan fingerprint density at radius 1 is 1.36 bits per heavy atom. The van der Waals surface area contributed by atoms with Crippen molar-refractivity contribution in [3.05, 3.63) is 29.8 Å². The molecule has 0 radical (unpaired) electrons. The Labute approximate surface area is 130 Å². The van der Waals surface area contributed by atoms with E-state index in [1.54, 1.807) is 7.11 Å². The number of likely N-dealkylation sites (tertiary alicyclic amines) is 1. The first kappa shape index (κ1) is 16.3. The summed E-state index contributed by atoms with van der Waals surface area (Å²) < 4.78 is 5.18. The molecule has 5 heteroatoms. The summed E-state index contributed by atoms with van der Waals surface area (Å²) >= 11 is 0. The van der Waals surface area contributed by atoms with Gasteiger partial charge in [-0.1, -0.05) is 12.1 Å². The van der Waals surface area contributed by atoms with Gasteiger partial charge in [0.05, 0.1) is 13.5 Å². The van der Waals surface area contributed by atoms with E-state index in [-0.39, 0.29) is 18.4 Å². The van der Waals surface area contributed by atoms with Gasteiger partial charge in [-0.05, 0) is 43.4 Å². The van der Waals surface area contributed by atoms with E-state index < -0.39 is 5.97 Å². The van der Waals surface area contributed by atoms with Gasteiger partial charge in [-0.3, -0.25) is 9.59 Å². The zero-order valence-corrected chi connectivity index (χ0v) is 13.0. The van der Waals surface area contributed by atoms with Crippen molar-refractivity contribution >= 4 is 11.9 Å². The van der Waals surface area contributed by atoms with Crippen LogP contribution in [0.5, 0.6) is 5.75 Å². The fourth-order valence-electron chi connectivity index (χ4n) is 2.98. The minimum absolute atomic E-state index is 0.0583. The summed E-state index contributed by atoms with van der Waals surface area (Å²) in [5.41, 5.74) is 0.923. The first-order valence-electron chi connectivity index (χ1n) is 7.74. The minimum Gasteiger partial charge on any atom is -0.497 e. The van der Waals surface area contributed by atoms with Crippen LogP contribution < -0.4 is 4.74 Å². The highest BCUT2D eigenvalue weighted by Crippen LogP contribution is 2.22. The van der Waals surface area contributed by atoms with Crippen molar-refractivity contribution in [2.45, 2.75) is 44.6 Å². The third kappa shape index (κ3) is 4.48. The van der Waals surface area contributed by atoms with Crippen LogP contribution in [0, 0.1) is 0 Å². The highest BCUT2D eigenvalue weighted by atomic mass is 16.5. The van der Waals surface area contributed by atoms with Crippen LogP contribution in [0.4, 0.5) is 0 Å². The molecule has 1 fully saturated rings. The largest absolute Gasteiger partial charge is 0.497 e. The van der Waals surface area contributed by atoms with Crippen molar-refractivity contribution in [2.75, 3.05) is 13.7 Å². The molecule has 5 nitrogen and oxygen atoms in total. The van der Waals surface area contributed by atoms with E-state index in [4.69, 9.17) is 9.84 Å². The van der Waals surface area contributed by atoms with E-state index in [1.807, 2.05) is 29.2 Å². The third-order valence-corrected chi connectivity index (χ3v) is 4.13. The maximum Gasteiger partial charge on any atom is 0.303 e. The van der Waals surface area contributed by atoms with Crippen LogP contribution in [-0.4, -0.2) is 41.6 Å². The van der Waals surface area contributed by atoms with Crippen LogP contribution in [-0.2, 0) is 16.0 Å². The van der Waals surface area contributed by atoms with Crippen LogP contribution in [0.25, 0.3) is 0 Å². The SMILES string of the molecule is COc1cccc(CC(=O)N2CCCC[C@@H]2CCC(=O)O)c1. The number of hydrogen-bond acceptors (Lipinski definition) is 3. The number of methoxy groups -OCH3 is 1. The first-order valence-corrected chi connectivity index (χ1v) is 7.74. The number of piperidine rings is 1. The number of rotatable bonds is 6. The lowest BCUT2D eigenvalue weighted by molar-refractivity contribution is -0.139. The van der Waals surface area contributed by atoms with Crippen molar-refractivity contribution in [1.29, 1.82) is 0 Å². The molecule has 120 valence electrons. The van der Waals surface area contributed by atoms with E-state index in [0.29, 0.717) is 12.8 Å². The smallest absolute Gasteiger partial charge is 0.303 e. The summed E-state index contributed by atoms with van der Waals surface area (Å²) in [5, 5.41) is 8.84. The molecule has 1 aromatic rings. The summed E-state index contributed by atoms with van der Waals surface area (Å²) in [7, 11) is 1.60. The predicted molar refractivity (Wildman–Crippen MR) is 82.9 cm³/mol. The fourth-order valence-corrected chi connectivity index (χ4v) is 2.98. The molecule has 22 heavy (non-hydrogen) atoms. The highest BCUT2D eigenvalue weighted by Gasteiger charge is 2.26. The van der Waals surface area contributed by atoms with Crippen molar-refractivity contribution in [1.82, 2.24) is 4.90 Å². The number of carbonyl (C=O) groups excluding carboxylic acids is 1. The molecule has 0 aromatic heterocycles. The molecule has 1 atom stereocenters. The lowest BCUT2D eigenvalue weighted by Gasteiger charge is -2.35. The number of carboxylic acids is 1. The van der Waals surface area contributed by atoms with Gasteiger partial charge in [-0.25, -0.2) is 0 Å². The molecule has 0 saturated carbocycles. The maximum atomic E-state index is 12.6. The summed E-state index contributed by atoms with van der Waals surface area (Å²) in [6.07, 6.45) is 3.95. The van der Waals surface area contributed by atoms with Gasteiger partial charge < -0.3 is 14.7 Å². The van der Waals surface area contributed by atoms with E-state index in [1.165, 1.54) is 0 Å². The van der Waals surface area contributed by atoms with Crippen LogP contribution in [0.15, 0.2) is 24.3 Å². The summed E-state index contributed by atoms with van der Waals surface area (Å²) in [5.74, 6) is 0.0143. The zero-order chi connectivity index (χ0) is 15.9. The quantitative estimate of drug-likeness (QED) is 0.877. The molecule has 0 spiro atoms. The van der Waals surface area contributed by atoms with Crippen LogP contribution in [0.1, 0.15) is 37.7 Å². The number of amides is 1. The average Bonchev–Trinajstić information content (AvgIpc) is 2.53. The Hall–Kier alpha value is -2.04. The molecule has 1 amide bonds. The molecule has 1 N–H and O–H groups in total. The molecule has 1 aliphatic rings. The molecule has 0 bridgehead atoms. The second-order valence-electron chi connectivity index (χ2n) is 5.70. The first-order chi connectivity index (χ1) is 10.6. The molecule has 1 aliphatic heterocycles. The van der Waals surface area contributed by atoms with Gasteiger partial charge in [0.1, 0.15) is 5.75 Å². The maximum absolute atomic E-state index is 12.6. The number of benzene rings is 1. The molecule has 1 heterocycles. The van der Waals surface area contributed by atoms with Crippen LogP contribution >= 0.6 is 0 Å². The topological polar surface area (TPSA) is 66.8 Å². The van der Waals surface area contributed by atoms with Gasteiger partial charge in [-0.2, -0.15) is 0 Å². The number of carboxylic acid groups (broad SMARTS) is 1. The molecule has 0 aliphatic carbocycles. The van der Waals surface area contributed by atoms with Crippen molar-refractivity contribution in [2.24, 2.45) is 0 Å². The van der Waals surface area contributed by atoms with Crippen molar-refractivity contribution in [3.8, 4) is 5.75 Å². The molecule has 1 aromatic carbocycles. The number of carbonyl (C=O) groups is 2. The number of ether oxygens (including phenoxy) is 1. The Bertz CT molecular complexity index is 529. The standard InChI is InChI=1S/C17H23NO4/c1-22-15-7-4-5-13(11-15)12-16(19)18-10-3-2-6-14(18)8-9-17(20)21/h4-5,7,11,14H,2-3,6,8-10,12H2,1H3,(H,20,21)/t14-/m1/s1. The molecule has 1 saturated heterocycles. The van der Waals surface area contributed by atoms with E-state index >= 15 is 0 Å². The third-order valence-electron chi connectivity index (χ3n) is 4.13. The molecular weight excluding hydrogens is 282 g/mol. The Kier molecular flexibility index (Phi) is 5.81. The summed E-state index contributed by atoms with van der Waals surface area (Å²) in [6.45, 7) is 0.729. The van der Waals surface area contributed by atoms with Gasteiger partial charge in [0.2, 0.25) is 5.91 Å². The van der Waals surface area contributed by atoms with E-state index in [0.717, 1.165) is 37.1 Å². The lowest BCUT2D eigenvalue weighted by Crippen LogP contribution is -2.44. The average molecular weight is 305 g/mol. The van der Waals surface area contributed by atoms with Gasteiger partial charge in [-0.15, -0.1) is 0 Å². The van der Waals surface area contributed by atoms with Gasteiger partial charge in [0.15, 0.2) is 0 Å². The minimum atomic E-state index is -0.800. The second kappa shape index (κ2) is 7.82. The van der Waals surface area contributed by atoms with E-state index in [9.17, 15) is 9.59 Å². The number of nitrogens with zero attached hydrogens (tertiary/aromatic N) is 1. The van der Waals surface area contributed by atoms with Crippen molar-refractivity contribution < 1.29 is 19.4 Å². The molecule has 2 rings (SSSR count). The van der Waals surface area contributed by atoms with Crippen molar-refractivity contribution in [3.63, 3.8) is 0 Å². The number of aliphatic carboxylic acids is 1. The second-order valence-corrected chi connectivity index (χ2v) is 5.70. The zero-order valence-electron chi connectivity index (χ0n) is 13.0. The monoisotopic (exact) mass is 305 g/mol. The summed E-state index contributed by atoms with van der Waals surface area (Å²) in [4.78, 5) is 25.2. The normalized spacial score (nSPS) is 18.0. The predicted octanol–water partition coefficient (Wildman–Crippen LogP) is 2.48. The molecule has 0 unspecified atom stereocenters.